The van der Waals surface area contributed by atoms with Crippen LogP contribution in [0.4, 0.5) is 4.39 Å². The van der Waals surface area contributed by atoms with Crippen molar-refractivity contribution in [1.82, 2.24) is 15.5 Å². The fourth-order valence-electron chi connectivity index (χ4n) is 6.31. The summed E-state index contributed by atoms with van der Waals surface area (Å²) in [4.78, 5) is 29.2. The van der Waals surface area contributed by atoms with Gasteiger partial charge in [0.1, 0.15) is 5.82 Å². The summed E-state index contributed by atoms with van der Waals surface area (Å²) in [6, 6.07) is 22.2. The van der Waals surface area contributed by atoms with Crippen LogP contribution in [0.2, 0.25) is 0 Å². The SMILES string of the molecule is Cc1ccc(C(NC(=O)[C@@H]2CC[C@@H](NC(=O)CN3CCCCC3)C[C@H]2c2ccc(Br)cc2)c2ccc(F)cc2)cc1. The molecule has 2 aliphatic rings. The van der Waals surface area contributed by atoms with Crippen LogP contribution >= 0.6 is 15.9 Å². The number of benzene rings is 3. The number of rotatable bonds is 8. The number of hydrogen-bond donors (Lipinski definition) is 2. The van der Waals surface area contributed by atoms with E-state index >= 15 is 0 Å². The van der Waals surface area contributed by atoms with Crippen molar-refractivity contribution in [3.05, 3.63) is 105 Å². The summed E-state index contributed by atoms with van der Waals surface area (Å²) < 4.78 is 14.7. The van der Waals surface area contributed by atoms with E-state index in [-0.39, 0.29) is 35.5 Å². The van der Waals surface area contributed by atoms with Gasteiger partial charge >= 0.3 is 0 Å². The second-order valence-electron chi connectivity index (χ2n) is 11.6. The van der Waals surface area contributed by atoms with E-state index in [0.717, 1.165) is 59.1 Å². The Morgan fingerprint density at radius 3 is 2.20 bits per heavy atom. The zero-order valence-corrected chi connectivity index (χ0v) is 25.2. The van der Waals surface area contributed by atoms with Crippen LogP contribution in [0.1, 0.15) is 72.7 Å². The van der Waals surface area contributed by atoms with E-state index in [1.54, 1.807) is 12.1 Å². The monoisotopic (exact) mass is 619 g/mol. The molecule has 1 unspecified atom stereocenters. The molecule has 0 aromatic heterocycles. The molecule has 1 saturated carbocycles. The van der Waals surface area contributed by atoms with Crippen molar-refractivity contribution >= 4 is 27.7 Å². The molecule has 1 heterocycles. The predicted octanol–water partition coefficient (Wildman–Crippen LogP) is 6.66. The lowest BCUT2D eigenvalue weighted by atomic mass is 9.73. The van der Waals surface area contributed by atoms with Gasteiger partial charge < -0.3 is 10.6 Å². The lowest BCUT2D eigenvalue weighted by Gasteiger charge is -2.37. The average Bonchev–Trinajstić information content (AvgIpc) is 2.98. The highest BCUT2D eigenvalue weighted by atomic mass is 79.9. The highest BCUT2D eigenvalue weighted by Crippen LogP contribution is 2.39. The molecule has 1 aliphatic heterocycles. The average molecular weight is 621 g/mol. The van der Waals surface area contributed by atoms with Crippen molar-refractivity contribution in [2.45, 2.75) is 63.5 Å². The van der Waals surface area contributed by atoms with E-state index < -0.39 is 6.04 Å². The van der Waals surface area contributed by atoms with E-state index in [4.69, 9.17) is 0 Å². The third-order valence-electron chi connectivity index (χ3n) is 8.57. The smallest absolute Gasteiger partial charge is 0.234 e. The van der Waals surface area contributed by atoms with Gasteiger partial charge in [0.05, 0.1) is 12.6 Å². The van der Waals surface area contributed by atoms with Crippen LogP contribution in [0, 0.1) is 18.7 Å². The van der Waals surface area contributed by atoms with Crippen molar-refractivity contribution in [1.29, 1.82) is 0 Å². The summed E-state index contributed by atoms with van der Waals surface area (Å²) in [7, 11) is 0. The number of halogens is 2. The van der Waals surface area contributed by atoms with E-state index in [2.05, 4.69) is 43.6 Å². The number of nitrogens with one attached hydrogen (secondary N) is 2. The van der Waals surface area contributed by atoms with Gasteiger partial charge in [0.2, 0.25) is 11.8 Å². The minimum absolute atomic E-state index is 0.0223. The second-order valence-corrected chi connectivity index (χ2v) is 12.5. The first-order valence-corrected chi connectivity index (χ1v) is 15.5. The molecule has 1 aliphatic carbocycles. The molecule has 0 spiro atoms. The van der Waals surface area contributed by atoms with Crippen molar-refractivity contribution in [3.8, 4) is 0 Å². The zero-order valence-electron chi connectivity index (χ0n) is 23.6. The molecule has 0 radical (unpaired) electrons. The van der Waals surface area contributed by atoms with E-state index in [9.17, 15) is 14.0 Å². The van der Waals surface area contributed by atoms with E-state index in [1.807, 2.05) is 43.3 Å². The number of carbonyl (C=O) groups is 2. The summed E-state index contributed by atoms with van der Waals surface area (Å²) in [5.74, 6) is -0.543. The number of nitrogens with zero attached hydrogens (tertiary/aromatic N) is 1. The Balaban J connectivity index is 1.34. The van der Waals surface area contributed by atoms with Gasteiger partial charge in [-0.1, -0.05) is 76.4 Å². The van der Waals surface area contributed by atoms with Crippen molar-refractivity contribution in [2.75, 3.05) is 19.6 Å². The summed E-state index contributed by atoms with van der Waals surface area (Å²) in [6.45, 7) is 4.44. The highest BCUT2D eigenvalue weighted by molar-refractivity contribution is 9.10. The second kappa shape index (κ2) is 13.8. The Morgan fingerprint density at radius 2 is 1.54 bits per heavy atom. The molecule has 2 fully saturated rings. The fraction of sp³-hybridized carbons (Fsp3) is 0.412. The third-order valence-corrected chi connectivity index (χ3v) is 9.10. The summed E-state index contributed by atoms with van der Waals surface area (Å²) in [5.41, 5.74) is 4.02. The molecule has 41 heavy (non-hydrogen) atoms. The van der Waals surface area contributed by atoms with Crippen LogP contribution < -0.4 is 10.6 Å². The first-order chi connectivity index (χ1) is 19.9. The van der Waals surface area contributed by atoms with E-state index in [1.165, 1.54) is 18.6 Å². The van der Waals surface area contributed by atoms with Gasteiger partial charge in [0, 0.05) is 16.4 Å². The standard InChI is InChI=1S/C34H39BrFN3O2/c1-23-5-7-25(8-6-23)33(26-11-15-28(36)16-12-26)38-34(41)30-18-17-29(21-31(30)24-9-13-27(35)14-10-24)37-32(40)22-39-19-3-2-4-20-39/h5-16,29-31,33H,2-4,17-22H2,1H3,(H,37,40)(H,38,41)/t29-,30-,31+,33?/m1/s1. The van der Waals surface area contributed by atoms with Crippen LogP contribution in [-0.4, -0.2) is 42.4 Å². The van der Waals surface area contributed by atoms with Gasteiger partial charge in [-0.05, 0) is 99.0 Å². The van der Waals surface area contributed by atoms with Gasteiger partial charge in [-0.2, -0.15) is 0 Å². The maximum Gasteiger partial charge on any atom is 0.234 e. The minimum atomic E-state index is -0.392. The Labute approximate surface area is 251 Å². The Kier molecular flexibility index (Phi) is 9.88. The molecule has 3 aromatic carbocycles. The molecule has 2 N–H and O–H groups in total. The predicted molar refractivity (Wildman–Crippen MR) is 164 cm³/mol. The number of piperidine rings is 1. The minimum Gasteiger partial charge on any atom is -0.352 e. The molecule has 5 nitrogen and oxygen atoms in total. The quantitative estimate of drug-likeness (QED) is 0.296. The topological polar surface area (TPSA) is 61.4 Å². The van der Waals surface area contributed by atoms with Crippen LogP contribution in [0.15, 0.2) is 77.3 Å². The van der Waals surface area contributed by atoms with Gasteiger partial charge in [-0.15, -0.1) is 0 Å². The van der Waals surface area contributed by atoms with Gasteiger partial charge in [-0.3, -0.25) is 14.5 Å². The van der Waals surface area contributed by atoms with Crippen molar-refractivity contribution in [3.63, 3.8) is 0 Å². The summed E-state index contributed by atoms with van der Waals surface area (Å²) >= 11 is 3.53. The van der Waals surface area contributed by atoms with Crippen LogP contribution in [0.25, 0.3) is 0 Å². The normalized spacial score (nSPS) is 22.1. The van der Waals surface area contributed by atoms with Gasteiger partial charge in [0.15, 0.2) is 0 Å². The molecule has 216 valence electrons. The van der Waals surface area contributed by atoms with Crippen LogP contribution in [-0.2, 0) is 9.59 Å². The molecule has 4 atom stereocenters. The largest absolute Gasteiger partial charge is 0.352 e. The van der Waals surface area contributed by atoms with Gasteiger partial charge in [0.25, 0.3) is 0 Å². The molecular formula is C34H39BrFN3O2. The Bertz CT molecular complexity index is 1260. The lowest BCUT2D eigenvalue weighted by molar-refractivity contribution is -0.127. The van der Waals surface area contributed by atoms with Crippen molar-refractivity contribution < 1.29 is 14.0 Å². The van der Waals surface area contributed by atoms with E-state index in [0.29, 0.717) is 19.4 Å². The number of likely N-dealkylation sites (tertiary alicyclic amines) is 1. The molecule has 3 aromatic rings. The summed E-state index contributed by atoms with van der Waals surface area (Å²) in [5, 5.41) is 6.60. The third kappa shape index (κ3) is 7.83. The number of carbonyl (C=O) groups excluding carboxylic acids is 2. The molecular weight excluding hydrogens is 581 g/mol. The molecule has 2 amide bonds. The number of hydrogen-bond acceptors (Lipinski definition) is 3. The molecule has 7 heteroatoms. The fourth-order valence-corrected chi connectivity index (χ4v) is 6.57. The van der Waals surface area contributed by atoms with Crippen LogP contribution in [0.3, 0.4) is 0 Å². The zero-order chi connectivity index (χ0) is 28.8. The Hall–Kier alpha value is -3.03. The number of aryl methyl sites for hydroxylation is 1. The number of amides is 2. The molecule has 1 saturated heterocycles. The first-order valence-electron chi connectivity index (χ1n) is 14.8. The maximum atomic E-state index is 14.0. The first kappa shape index (κ1) is 29.5. The summed E-state index contributed by atoms with van der Waals surface area (Å²) in [6.07, 6.45) is 5.68. The molecule has 0 bridgehead atoms. The molecule has 5 rings (SSSR count). The Morgan fingerprint density at radius 1 is 0.902 bits per heavy atom. The maximum absolute atomic E-state index is 14.0. The van der Waals surface area contributed by atoms with Gasteiger partial charge in [-0.25, -0.2) is 4.39 Å². The lowest BCUT2D eigenvalue weighted by Crippen LogP contribution is -2.47. The highest BCUT2D eigenvalue weighted by Gasteiger charge is 2.37. The van der Waals surface area contributed by atoms with Crippen molar-refractivity contribution in [2.24, 2.45) is 5.92 Å². The van der Waals surface area contributed by atoms with Crippen LogP contribution in [0.5, 0.6) is 0 Å².